The van der Waals surface area contributed by atoms with Crippen molar-refractivity contribution in [2.24, 2.45) is 5.92 Å². The number of halogens is 1. The molecule has 2 N–H and O–H groups in total. The third-order valence-electron chi connectivity index (χ3n) is 3.26. The molecular weight excluding hydrogens is 276 g/mol. The number of nitrogens with one attached hydrogen (secondary N) is 1. The van der Waals surface area contributed by atoms with Crippen molar-refractivity contribution in [3.05, 3.63) is 22.7 Å². The van der Waals surface area contributed by atoms with Crippen LogP contribution in [0.5, 0.6) is 11.5 Å². The van der Waals surface area contributed by atoms with Crippen LogP contribution in [0.3, 0.4) is 0 Å². The molecule has 0 radical (unpaired) electrons. The van der Waals surface area contributed by atoms with Gasteiger partial charge in [0, 0.05) is 35.8 Å². The van der Waals surface area contributed by atoms with Crippen LogP contribution < -0.4 is 10.1 Å². The number of benzene rings is 1. The van der Waals surface area contributed by atoms with Gasteiger partial charge in [0.05, 0.1) is 7.11 Å². The van der Waals surface area contributed by atoms with Crippen LogP contribution in [-0.2, 0) is 6.54 Å². The van der Waals surface area contributed by atoms with Crippen LogP contribution in [0.1, 0.15) is 19.4 Å². The molecule has 0 saturated carbocycles. The lowest BCUT2D eigenvalue weighted by molar-refractivity contribution is 0.286. The van der Waals surface area contributed by atoms with E-state index in [9.17, 15) is 5.11 Å². The fourth-order valence-corrected chi connectivity index (χ4v) is 2.29. The number of hydrogen-bond donors (Lipinski definition) is 2. The number of nitrogens with zero attached hydrogens (tertiary/aromatic N) is 1. The highest BCUT2D eigenvalue weighted by atomic mass is 35.5. The molecular formula is C15H25ClN2O2. The van der Waals surface area contributed by atoms with Crippen LogP contribution in [0.4, 0.5) is 0 Å². The summed E-state index contributed by atoms with van der Waals surface area (Å²) in [5, 5.41) is 14.1. The lowest BCUT2D eigenvalue weighted by atomic mass is 10.0. The maximum absolute atomic E-state index is 10.1. The first kappa shape index (κ1) is 17.1. The second kappa shape index (κ2) is 7.72. The zero-order chi connectivity index (χ0) is 15.3. The topological polar surface area (TPSA) is 44.7 Å². The molecule has 0 saturated heterocycles. The van der Waals surface area contributed by atoms with E-state index >= 15 is 0 Å². The minimum absolute atomic E-state index is 0.150. The number of rotatable bonds is 7. The van der Waals surface area contributed by atoms with E-state index in [1.54, 1.807) is 12.1 Å². The predicted molar refractivity (Wildman–Crippen MR) is 83.7 cm³/mol. The normalized spacial score (nSPS) is 13.0. The molecule has 0 aliphatic rings. The summed E-state index contributed by atoms with van der Waals surface area (Å²) >= 11 is 6.04. The highest BCUT2D eigenvalue weighted by Gasteiger charge is 2.16. The molecule has 4 nitrogen and oxygen atoms in total. The first-order valence-electron chi connectivity index (χ1n) is 6.78. The maximum Gasteiger partial charge on any atom is 0.162 e. The molecule has 0 aliphatic carbocycles. The van der Waals surface area contributed by atoms with Crippen LogP contribution in [0.2, 0.25) is 5.02 Å². The molecule has 0 amide bonds. The summed E-state index contributed by atoms with van der Waals surface area (Å²) in [7, 11) is 5.62. The molecule has 20 heavy (non-hydrogen) atoms. The Hall–Kier alpha value is -0.970. The number of ether oxygens (including phenoxy) is 1. The van der Waals surface area contributed by atoms with Crippen molar-refractivity contribution >= 4 is 11.6 Å². The Morgan fingerprint density at radius 2 is 2.00 bits per heavy atom. The fraction of sp³-hybridized carbons (Fsp3) is 0.600. The van der Waals surface area contributed by atoms with E-state index in [0.717, 1.165) is 12.1 Å². The predicted octanol–water partition coefficient (Wildman–Crippen LogP) is 2.73. The van der Waals surface area contributed by atoms with E-state index in [1.807, 2.05) is 0 Å². The first-order chi connectivity index (χ1) is 9.35. The van der Waals surface area contributed by atoms with E-state index in [-0.39, 0.29) is 5.75 Å². The molecule has 0 aliphatic heterocycles. The fourth-order valence-electron chi connectivity index (χ4n) is 2.06. The maximum atomic E-state index is 10.1. The molecule has 1 aromatic carbocycles. The highest BCUT2D eigenvalue weighted by Crippen LogP contribution is 2.33. The van der Waals surface area contributed by atoms with Gasteiger partial charge >= 0.3 is 0 Å². The largest absolute Gasteiger partial charge is 0.504 e. The lowest BCUT2D eigenvalue weighted by Gasteiger charge is -2.26. The van der Waals surface area contributed by atoms with E-state index in [0.29, 0.717) is 29.3 Å². The van der Waals surface area contributed by atoms with Crippen molar-refractivity contribution in [3.63, 3.8) is 0 Å². The quantitative estimate of drug-likeness (QED) is 0.813. The Morgan fingerprint density at radius 3 is 2.50 bits per heavy atom. The average molecular weight is 301 g/mol. The van der Waals surface area contributed by atoms with Crippen LogP contribution in [0, 0.1) is 5.92 Å². The zero-order valence-electron chi connectivity index (χ0n) is 12.9. The van der Waals surface area contributed by atoms with Gasteiger partial charge in [0.1, 0.15) is 0 Å². The minimum Gasteiger partial charge on any atom is -0.504 e. The van der Waals surface area contributed by atoms with Gasteiger partial charge in [-0.25, -0.2) is 0 Å². The molecule has 0 fully saturated rings. The molecule has 5 heteroatoms. The van der Waals surface area contributed by atoms with Crippen LogP contribution >= 0.6 is 11.6 Å². The van der Waals surface area contributed by atoms with Crippen molar-refractivity contribution in [2.75, 3.05) is 27.7 Å². The summed E-state index contributed by atoms with van der Waals surface area (Å²) in [4.78, 5) is 2.15. The molecule has 1 rings (SSSR count). The van der Waals surface area contributed by atoms with E-state index in [4.69, 9.17) is 16.3 Å². The first-order valence-corrected chi connectivity index (χ1v) is 7.16. The Morgan fingerprint density at radius 1 is 1.35 bits per heavy atom. The van der Waals surface area contributed by atoms with Gasteiger partial charge < -0.3 is 20.1 Å². The van der Waals surface area contributed by atoms with Gasteiger partial charge in [-0.05, 0) is 26.1 Å². The molecule has 0 heterocycles. The van der Waals surface area contributed by atoms with Crippen LogP contribution in [-0.4, -0.2) is 43.8 Å². The Labute approximate surface area is 126 Å². The van der Waals surface area contributed by atoms with Crippen molar-refractivity contribution in [3.8, 4) is 11.5 Å². The summed E-state index contributed by atoms with van der Waals surface area (Å²) in [5.41, 5.74) is 0.749. The SMILES string of the molecule is COc1cc(Cl)cc(CNC(CN(C)C)C(C)C)c1O. The van der Waals surface area contributed by atoms with Gasteiger partial charge in [0.15, 0.2) is 11.5 Å². The van der Waals surface area contributed by atoms with Gasteiger partial charge in [-0.3, -0.25) is 0 Å². The second-order valence-corrected chi connectivity index (χ2v) is 6.05. The number of likely N-dealkylation sites (N-methyl/N-ethyl adjacent to an activating group) is 1. The van der Waals surface area contributed by atoms with Crippen LogP contribution in [0.15, 0.2) is 12.1 Å². The molecule has 0 spiro atoms. The van der Waals surface area contributed by atoms with Crippen molar-refractivity contribution in [2.45, 2.75) is 26.4 Å². The van der Waals surface area contributed by atoms with E-state index < -0.39 is 0 Å². The molecule has 0 aromatic heterocycles. The third-order valence-corrected chi connectivity index (χ3v) is 3.48. The number of methoxy groups -OCH3 is 1. The summed E-state index contributed by atoms with van der Waals surface area (Å²) < 4.78 is 5.11. The van der Waals surface area contributed by atoms with Crippen molar-refractivity contribution < 1.29 is 9.84 Å². The minimum atomic E-state index is 0.150. The molecule has 114 valence electrons. The van der Waals surface area contributed by atoms with E-state index in [2.05, 4.69) is 38.2 Å². The summed E-state index contributed by atoms with van der Waals surface area (Å²) in [6.45, 7) is 5.86. The number of hydrogen-bond acceptors (Lipinski definition) is 4. The Bertz CT molecular complexity index is 436. The molecule has 1 atom stereocenters. The number of phenolic OH excluding ortho intramolecular Hbond substituents is 1. The summed E-state index contributed by atoms with van der Waals surface area (Å²) in [6, 6.07) is 3.72. The Balaban J connectivity index is 2.80. The van der Waals surface area contributed by atoms with E-state index in [1.165, 1.54) is 7.11 Å². The monoisotopic (exact) mass is 300 g/mol. The van der Waals surface area contributed by atoms with Gasteiger partial charge in [-0.15, -0.1) is 0 Å². The van der Waals surface area contributed by atoms with Crippen molar-refractivity contribution in [1.82, 2.24) is 10.2 Å². The third kappa shape index (κ3) is 4.85. The van der Waals surface area contributed by atoms with Gasteiger partial charge in [0.25, 0.3) is 0 Å². The molecule has 1 unspecified atom stereocenters. The van der Waals surface area contributed by atoms with Crippen LogP contribution in [0.25, 0.3) is 0 Å². The summed E-state index contributed by atoms with van der Waals surface area (Å²) in [6.07, 6.45) is 0. The zero-order valence-corrected chi connectivity index (χ0v) is 13.7. The average Bonchev–Trinajstić information content (AvgIpc) is 2.36. The molecule has 1 aromatic rings. The van der Waals surface area contributed by atoms with Gasteiger partial charge in [-0.2, -0.15) is 0 Å². The standard InChI is InChI=1S/C15H25ClN2O2/c1-10(2)13(9-18(3)4)17-8-11-6-12(16)7-14(20-5)15(11)19/h6-7,10,13,17,19H,8-9H2,1-5H3. The van der Waals surface area contributed by atoms with Gasteiger partial charge in [0.2, 0.25) is 0 Å². The van der Waals surface area contributed by atoms with Crippen molar-refractivity contribution in [1.29, 1.82) is 0 Å². The number of aromatic hydroxyl groups is 1. The smallest absolute Gasteiger partial charge is 0.162 e. The Kier molecular flexibility index (Phi) is 6.59. The highest BCUT2D eigenvalue weighted by molar-refractivity contribution is 6.30. The lowest BCUT2D eigenvalue weighted by Crippen LogP contribution is -2.41. The van der Waals surface area contributed by atoms with Gasteiger partial charge in [-0.1, -0.05) is 25.4 Å². The second-order valence-electron chi connectivity index (χ2n) is 5.61. The molecule has 0 bridgehead atoms. The summed E-state index contributed by atoms with van der Waals surface area (Å²) in [5.74, 6) is 1.06. The number of phenols is 1.